The Morgan fingerprint density at radius 3 is 2.67 bits per heavy atom. The van der Waals surface area contributed by atoms with Crippen LogP contribution < -0.4 is 10.1 Å². The Morgan fingerprint density at radius 2 is 2.04 bits per heavy atom. The molecule has 7 nitrogen and oxygen atoms in total. The summed E-state index contributed by atoms with van der Waals surface area (Å²) in [7, 11) is 1.81. The number of benzene rings is 1. The minimum atomic E-state index is -0.852. The summed E-state index contributed by atoms with van der Waals surface area (Å²) >= 11 is 0. The van der Waals surface area contributed by atoms with Gasteiger partial charge in [0.2, 0.25) is 5.91 Å². The van der Waals surface area contributed by atoms with E-state index in [4.69, 9.17) is 4.74 Å². The predicted octanol–water partition coefficient (Wildman–Crippen LogP) is 1.88. The molecule has 2 heterocycles. The van der Waals surface area contributed by atoms with Crippen LogP contribution in [0.4, 0.5) is 5.69 Å². The van der Waals surface area contributed by atoms with E-state index in [0.29, 0.717) is 38.2 Å². The van der Waals surface area contributed by atoms with Crippen LogP contribution in [-0.4, -0.2) is 57.5 Å². The first kappa shape index (κ1) is 19.4. The maximum atomic E-state index is 12.1. The van der Waals surface area contributed by atoms with E-state index >= 15 is 0 Å². The molecule has 0 aliphatic carbocycles. The van der Waals surface area contributed by atoms with E-state index < -0.39 is 5.60 Å². The van der Waals surface area contributed by atoms with Crippen LogP contribution in [0.2, 0.25) is 0 Å². The smallest absolute Gasteiger partial charge is 0.238 e. The Bertz CT molecular complexity index is 794. The lowest BCUT2D eigenvalue weighted by Crippen LogP contribution is -2.49. The summed E-state index contributed by atoms with van der Waals surface area (Å²) in [6, 6.07) is 5.96. The third-order valence-electron chi connectivity index (χ3n) is 5.13. The molecule has 2 aromatic rings. The van der Waals surface area contributed by atoms with Crippen LogP contribution >= 0.6 is 0 Å². The largest absolute Gasteiger partial charge is 0.491 e. The summed E-state index contributed by atoms with van der Waals surface area (Å²) in [6.07, 6.45) is 4.55. The molecule has 1 fully saturated rings. The molecule has 1 amide bonds. The number of carbonyl (C=O) groups excluding carboxylic acids is 1. The van der Waals surface area contributed by atoms with Crippen LogP contribution in [0.3, 0.4) is 0 Å². The quantitative estimate of drug-likeness (QED) is 0.809. The second kappa shape index (κ2) is 8.10. The number of hydrogen-bond donors (Lipinski definition) is 2. The number of nitrogens with one attached hydrogen (secondary N) is 1. The number of likely N-dealkylation sites (tertiary alicyclic amines) is 1. The lowest BCUT2D eigenvalue weighted by molar-refractivity contribution is -0.119. The number of anilines is 1. The normalized spacial score (nSPS) is 16.9. The van der Waals surface area contributed by atoms with Gasteiger partial charge < -0.3 is 15.2 Å². The summed E-state index contributed by atoms with van der Waals surface area (Å²) in [5.41, 5.74) is 2.24. The molecule has 0 spiro atoms. The van der Waals surface area contributed by atoms with Gasteiger partial charge in [0.25, 0.3) is 0 Å². The van der Waals surface area contributed by atoms with E-state index in [1.807, 2.05) is 25.1 Å². The van der Waals surface area contributed by atoms with Crippen LogP contribution in [0.15, 0.2) is 30.6 Å². The SMILES string of the molecule is Cc1ccc(OCC2(O)CCN(CC(=O)Nc3cnn(C)c3)CC2)cc1C. The highest BCUT2D eigenvalue weighted by molar-refractivity contribution is 5.91. The first-order valence-electron chi connectivity index (χ1n) is 9.26. The molecule has 1 aromatic heterocycles. The van der Waals surface area contributed by atoms with Gasteiger partial charge in [0, 0.05) is 26.3 Å². The van der Waals surface area contributed by atoms with Gasteiger partial charge in [0.05, 0.1) is 18.4 Å². The van der Waals surface area contributed by atoms with Crippen molar-refractivity contribution in [3.63, 3.8) is 0 Å². The molecule has 7 heteroatoms. The van der Waals surface area contributed by atoms with Crippen molar-refractivity contribution in [2.45, 2.75) is 32.3 Å². The molecule has 1 aliphatic heterocycles. The van der Waals surface area contributed by atoms with Gasteiger partial charge in [-0.3, -0.25) is 14.4 Å². The summed E-state index contributed by atoms with van der Waals surface area (Å²) in [5.74, 6) is 0.713. The van der Waals surface area contributed by atoms with E-state index in [-0.39, 0.29) is 12.5 Å². The van der Waals surface area contributed by atoms with Gasteiger partial charge in [-0.05, 0) is 49.9 Å². The summed E-state index contributed by atoms with van der Waals surface area (Å²) in [4.78, 5) is 14.2. The molecule has 0 saturated carbocycles. The molecule has 27 heavy (non-hydrogen) atoms. The highest BCUT2D eigenvalue weighted by Gasteiger charge is 2.33. The fourth-order valence-electron chi connectivity index (χ4n) is 3.18. The Kier molecular flexibility index (Phi) is 5.82. The average Bonchev–Trinajstić information content (AvgIpc) is 3.03. The molecule has 0 atom stereocenters. The molecule has 0 radical (unpaired) electrons. The molecule has 2 N–H and O–H groups in total. The van der Waals surface area contributed by atoms with Crippen molar-refractivity contribution in [2.75, 3.05) is 31.6 Å². The third kappa shape index (κ3) is 5.30. The fourth-order valence-corrected chi connectivity index (χ4v) is 3.18. The summed E-state index contributed by atoms with van der Waals surface area (Å²) in [5, 5.41) is 17.7. The Labute approximate surface area is 159 Å². The molecule has 1 saturated heterocycles. The van der Waals surface area contributed by atoms with Crippen LogP contribution in [-0.2, 0) is 11.8 Å². The van der Waals surface area contributed by atoms with Crippen LogP contribution in [0.5, 0.6) is 5.75 Å². The summed E-state index contributed by atoms with van der Waals surface area (Å²) < 4.78 is 7.47. The topological polar surface area (TPSA) is 79.6 Å². The lowest BCUT2D eigenvalue weighted by atomic mass is 9.92. The molecule has 0 unspecified atom stereocenters. The third-order valence-corrected chi connectivity index (χ3v) is 5.13. The van der Waals surface area contributed by atoms with Crippen molar-refractivity contribution in [2.24, 2.45) is 7.05 Å². The number of piperidine rings is 1. The van der Waals surface area contributed by atoms with Crippen LogP contribution in [0, 0.1) is 13.8 Å². The van der Waals surface area contributed by atoms with Gasteiger partial charge in [-0.25, -0.2) is 0 Å². The van der Waals surface area contributed by atoms with E-state index in [1.54, 1.807) is 24.1 Å². The second-order valence-electron chi connectivity index (χ2n) is 7.49. The zero-order valence-corrected chi connectivity index (χ0v) is 16.2. The van der Waals surface area contributed by atoms with Gasteiger partial charge >= 0.3 is 0 Å². The van der Waals surface area contributed by atoms with Gasteiger partial charge in [0.15, 0.2) is 0 Å². The number of aromatic nitrogens is 2. The van der Waals surface area contributed by atoms with E-state index in [0.717, 1.165) is 5.75 Å². The first-order valence-corrected chi connectivity index (χ1v) is 9.26. The van der Waals surface area contributed by atoms with Crippen molar-refractivity contribution < 1.29 is 14.6 Å². The van der Waals surface area contributed by atoms with Crippen molar-refractivity contribution in [1.29, 1.82) is 0 Å². The van der Waals surface area contributed by atoms with Crippen LogP contribution in [0.25, 0.3) is 0 Å². The van der Waals surface area contributed by atoms with Crippen LogP contribution in [0.1, 0.15) is 24.0 Å². The number of hydrogen-bond acceptors (Lipinski definition) is 5. The Hall–Kier alpha value is -2.38. The maximum absolute atomic E-state index is 12.1. The number of aliphatic hydroxyl groups is 1. The Balaban J connectivity index is 1.44. The van der Waals surface area contributed by atoms with E-state index in [2.05, 4.69) is 22.2 Å². The van der Waals surface area contributed by atoms with Gasteiger partial charge in [0.1, 0.15) is 18.0 Å². The standard InChI is InChI=1S/C20H28N4O3/c1-15-4-5-18(10-16(15)2)27-14-20(26)6-8-24(9-7-20)13-19(25)22-17-11-21-23(3)12-17/h4-5,10-12,26H,6-9,13-14H2,1-3H3,(H,22,25). The van der Waals surface area contributed by atoms with E-state index in [1.165, 1.54) is 11.1 Å². The van der Waals surface area contributed by atoms with Crippen molar-refractivity contribution >= 4 is 11.6 Å². The molecule has 3 rings (SSSR count). The molecule has 1 aliphatic rings. The number of aryl methyl sites for hydroxylation is 3. The van der Waals surface area contributed by atoms with Gasteiger partial charge in [-0.1, -0.05) is 6.07 Å². The van der Waals surface area contributed by atoms with Gasteiger partial charge in [-0.15, -0.1) is 0 Å². The summed E-state index contributed by atoms with van der Waals surface area (Å²) in [6.45, 7) is 6.01. The number of amides is 1. The van der Waals surface area contributed by atoms with E-state index in [9.17, 15) is 9.90 Å². The number of ether oxygens (including phenoxy) is 1. The van der Waals surface area contributed by atoms with Gasteiger partial charge in [-0.2, -0.15) is 5.10 Å². The number of rotatable bonds is 6. The molecular formula is C20H28N4O3. The minimum Gasteiger partial charge on any atom is -0.491 e. The first-order chi connectivity index (χ1) is 12.8. The fraction of sp³-hybridized carbons (Fsp3) is 0.500. The molecule has 146 valence electrons. The minimum absolute atomic E-state index is 0.0696. The molecule has 0 bridgehead atoms. The highest BCUT2D eigenvalue weighted by atomic mass is 16.5. The monoisotopic (exact) mass is 372 g/mol. The Morgan fingerprint density at radius 1 is 1.30 bits per heavy atom. The molecule has 1 aromatic carbocycles. The zero-order chi connectivity index (χ0) is 19.4. The average molecular weight is 372 g/mol. The number of carbonyl (C=O) groups is 1. The maximum Gasteiger partial charge on any atom is 0.238 e. The highest BCUT2D eigenvalue weighted by Crippen LogP contribution is 2.24. The number of nitrogens with zero attached hydrogens (tertiary/aromatic N) is 3. The van der Waals surface area contributed by atoms with Crippen molar-refractivity contribution in [3.8, 4) is 5.75 Å². The molecular weight excluding hydrogens is 344 g/mol. The predicted molar refractivity (Wildman–Crippen MR) is 104 cm³/mol. The van der Waals surface area contributed by atoms with Crippen molar-refractivity contribution in [1.82, 2.24) is 14.7 Å². The lowest BCUT2D eigenvalue weighted by Gasteiger charge is -2.37. The second-order valence-corrected chi connectivity index (χ2v) is 7.49. The van der Waals surface area contributed by atoms with Crippen molar-refractivity contribution in [3.05, 3.63) is 41.7 Å². The zero-order valence-electron chi connectivity index (χ0n) is 16.2.